The molecule has 0 bridgehead atoms. The van der Waals surface area contributed by atoms with Crippen LogP contribution in [-0.2, 0) is 38.7 Å². The smallest absolute Gasteiger partial charge is 0.308 e. The molecule has 3 aliphatic rings. The maximum absolute atomic E-state index is 12.7. The van der Waals surface area contributed by atoms with Gasteiger partial charge in [-0.05, 0) is 204 Å². The van der Waals surface area contributed by atoms with E-state index in [0.29, 0.717) is 53.7 Å². The molecule has 0 fully saturated rings. The number of fused-ring (bicyclic) bond motifs is 3. The number of carbonyl (C=O) groups excluding carboxylic acids is 3. The summed E-state index contributed by atoms with van der Waals surface area (Å²) in [4.78, 5) is 56.4. The number of carboxylic acids is 2. The number of benzene rings is 6. The highest BCUT2D eigenvalue weighted by molar-refractivity contribution is 6.09. The number of phenolic OH excluding ortho intramolecular Hbond substituents is 2. The van der Waals surface area contributed by atoms with Crippen LogP contribution < -0.4 is 44.2 Å². The van der Waals surface area contributed by atoms with E-state index in [2.05, 4.69) is 41.7 Å². The second-order valence-corrected chi connectivity index (χ2v) is 23.0. The molecule has 2 aromatic heterocycles. The lowest BCUT2D eigenvalue weighted by molar-refractivity contribution is -0.136. The Morgan fingerprint density at radius 1 is 0.515 bits per heavy atom. The number of allylic oxidation sites excluding steroid dienone is 5. The van der Waals surface area contributed by atoms with Gasteiger partial charge in [-0.25, -0.2) is 0 Å². The number of hydrogen-bond donors (Lipinski definition) is 6. The zero-order chi connectivity index (χ0) is 71.5. The molecule has 0 spiro atoms. The number of nitrogens with one attached hydrogen (secondary N) is 1. The van der Waals surface area contributed by atoms with E-state index in [1.54, 1.807) is 42.9 Å². The molecule has 0 saturated carbocycles. The van der Waals surface area contributed by atoms with E-state index in [1.807, 2.05) is 90.1 Å². The number of phenols is 2. The van der Waals surface area contributed by atoms with E-state index in [9.17, 15) is 39.3 Å². The molecule has 8 aromatic rings. The Hall–Kier alpha value is -11.5. The van der Waals surface area contributed by atoms with Crippen LogP contribution in [0, 0.1) is 20.8 Å². The van der Waals surface area contributed by atoms with Gasteiger partial charge in [-0.3, -0.25) is 24.0 Å². The SMILES string of the molecule is C.CC1=C(CC(=O)O)c2cc(C)ccc2C1.COc1cc(/C=C2/C(C)=C(CC(=O)NCc3ccco3)c3cc(C)ccc32)cc(OC)c1O.COc1cc(/C=C2/C(C)=C(CC(=O)O)c3cc(C)ccc32)cc(OC)c1O.COc1cc(C=O)cc(OC)c1OC(C)=O.NCc1ccco1. The third-order valence-corrected chi connectivity index (χ3v) is 16.2. The van der Waals surface area contributed by atoms with Crippen LogP contribution in [0.3, 0.4) is 0 Å². The molecule has 20 nitrogen and oxygen atoms in total. The quantitative estimate of drug-likeness (QED) is 0.0249. The number of aliphatic carboxylic acids is 2. The Morgan fingerprint density at radius 2 is 0.919 bits per heavy atom. The van der Waals surface area contributed by atoms with Gasteiger partial charge < -0.3 is 73.5 Å². The maximum Gasteiger partial charge on any atom is 0.308 e. The number of ether oxygens (including phenoxy) is 7. The van der Waals surface area contributed by atoms with Gasteiger partial charge in [-0.2, -0.15) is 0 Å². The number of aldehydes is 1. The lowest BCUT2D eigenvalue weighted by Gasteiger charge is -2.12. The third-order valence-electron chi connectivity index (χ3n) is 16.2. The summed E-state index contributed by atoms with van der Waals surface area (Å²) in [5.41, 5.74) is 25.0. The third kappa shape index (κ3) is 19.4. The zero-order valence-corrected chi connectivity index (χ0v) is 57.2. The zero-order valence-electron chi connectivity index (χ0n) is 57.2. The van der Waals surface area contributed by atoms with E-state index in [0.717, 1.165) is 101 Å². The number of hydrogen-bond acceptors (Lipinski definition) is 17. The number of amides is 1. The van der Waals surface area contributed by atoms with Gasteiger partial charge in [0.1, 0.15) is 17.8 Å². The summed E-state index contributed by atoms with van der Waals surface area (Å²) in [5.74, 6) is 1.32. The monoisotopic (exact) mass is 1350 g/mol. The first-order chi connectivity index (χ1) is 46.9. The van der Waals surface area contributed by atoms with Crippen molar-refractivity contribution >= 4 is 70.1 Å². The van der Waals surface area contributed by atoms with Crippen molar-refractivity contribution in [2.75, 3.05) is 42.7 Å². The van der Waals surface area contributed by atoms with E-state index < -0.39 is 17.9 Å². The summed E-state index contributed by atoms with van der Waals surface area (Å²) in [6.07, 6.45) is 9.13. The number of carbonyl (C=O) groups is 5. The number of rotatable bonds is 19. The number of furan rings is 2. The Balaban J connectivity index is 0.000000209. The Kier molecular flexibility index (Phi) is 27.4. The van der Waals surface area contributed by atoms with E-state index in [-0.39, 0.29) is 61.3 Å². The predicted octanol–water partition coefficient (Wildman–Crippen LogP) is 15.5. The minimum atomic E-state index is -0.856. The predicted molar refractivity (Wildman–Crippen MR) is 382 cm³/mol. The summed E-state index contributed by atoms with van der Waals surface area (Å²) in [7, 11) is 8.80. The van der Waals surface area contributed by atoms with Crippen molar-refractivity contribution in [3.05, 3.63) is 223 Å². The molecule has 3 aliphatic carbocycles. The fraction of sp³-hybridized carbons (Fsp3) is 0.253. The first-order valence-electron chi connectivity index (χ1n) is 31.0. The number of esters is 1. The lowest BCUT2D eigenvalue weighted by Crippen LogP contribution is -2.22. The molecule has 6 aromatic carbocycles. The highest BCUT2D eigenvalue weighted by atomic mass is 16.6. The Morgan fingerprint density at radius 3 is 1.30 bits per heavy atom. The average Bonchev–Trinajstić information content (AvgIpc) is 1.63. The normalized spacial score (nSPS) is 12.9. The molecular formula is C79H86N2O18. The van der Waals surface area contributed by atoms with Gasteiger partial charge in [0, 0.05) is 12.5 Å². The van der Waals surface area contributed by atoms with Crippen LogP contribution in [-0.4, -0.2) is 93.2 Å². The first kappa shape index (κ1) is 76.5. The fourth-order valence-electron chi connectivity index (χ4n) is 11.3. The topological polar surface area (TPSA) is 295 Å². The van der Waals surface area contributed by atoms with E-state index in [1.165, 1.54) is 78.4 Å². The number of aromatic hydroxyl groups is 2. The van der Waals surface area contributed by atoms with Crippen LogP contribution >= 0.6 is 0 Å². The molecule has 20 heteroatoms. The molecular weight excluding hydrogens is 1260 g/mol. The van der Waals surface area contributed by atoms with Crippen molar-refractivity contribution in [3.63, 3.8) is 0 Å². The maximum atomic E-state index is 12.7. The molecule has 99 heavy (non-hydrogen) atoms. The van der Waals surface area contributed by atoms with Crippen molar-refractivity contribution in [1.29, 1.82) is 0 Å². The second kappa shape index (κ2) is 35.5. The van der Waals surface area contributed by atoms with Crippen LogP contribution in [0.25, 0.3) is 40.0 Å². The van der Waals surface area contributed by atoms with E-state index in [4.69, 9.17) is 52.8 Å². The van der Waals surface area contributed by atoms with Crippen molar-refractivity contribution in [2.45, 2.75) is 94.7 Å². The van der Waals surface area contributed by atoms with Gasteiger partial charge in [0.25, 0.3) is 0 Å². The molecule has 0 unspecified atom stereocenters. The van der Waals surface area contributed by atoms with Gasteiger partial charge in [0.15, 0.2) is 34.5 Å². The van der Waals surface area contributed by atoms with E-state index >= 15 is 0 Å². The first-order valence-corrected chi connectivity index (χ1v) is 31.0. The summed E-state index contributed by atoms with van der Waals surface area (Å²) >= 11 is 0. The van der Waals surface area contributed by atoms with Crippen molar-refractivity contribution in [2.24, 2.45) is 5.73 Å². The number of methoxy groups -OCH3 is 6. The highest BCUT2D eigenvalue weighted by Gasteiger charge is 2.28. The number of aryl methyl sites for hydroxylation is 3. The molecule has 0 aliphatic heterocycles. The van der Waals surface area contributed by atoms with Gasteiger partial charge in [-0.15, -0.1) is 0 Å². The largest absolute Gasteiger partial charge is 0.502 e. The minimum absolute atomic E-state index is 0. The second-order valence-electron chi connectivity index (χ2n) is 23.0. The van der Waals surface area contributed by atoms with Gasteiger partial charge >= 0.3 is 17.9 Å². The molecule has 0 saturated heterocycles. The minimum Gasteiger partial charge on any atom is -0.502 e. The van der Waals surface area contributed by atoms with Crippen LogP contribution in [0.15, 0.2) is 153 Å². The van der Waals surface area contributed by atoms with Crippen LogP contribution in [0.1, 0.15) is 137 Å². The standard InChI is InChI=1S/C27H27NO5.C22H22O5.C13H14O2.C11H12O5.C5H7NO.CH4/c1-16-7-8-20-21(11-18-12-24(31-3)27(30)25(13-18)32-4)17(2)22(23(20)10-16)14-26(29)28-15-19-6-5-9-33-19;1-12-5-6-15-16(13(2)17(11-21(23)24)18(15)7-12)8-14-9-19(26-3)22(25)20(10-14)27-4;1-8-3-4-10-6-9(2)11(7-13(14)15)12(10)5-8;1-7(13)16-11-9(14-2)4-8(6-12)5-10(11)15-3;6-4-5-2-1-3-7-5;/h5-13,30H,14-15H2,1-4H3,(H,28,29);5-10,25H,11H2,1-4H3,(H,23,24);3-5H,6-7H2,1-2H3,(H,14,15);4-6H,1-3H3;1-3H,4,6H2;1H4/b21-11-;16-8-;;;;. The number of nitrogens with two attached hydrogens (primary N) is 1. The molecule has 0 atom stereocenters. The summed E-state index contributed by atoms with van der Waals surface area (Å²) in [6, 6.07) is 35.8. The van der Waals surface area contributed by atoms with Crippen LogP contribution in [0.2, 0.25) is 0 Å². The molecule has 7 N–H and O–H groups in total. The molecule has 1 amide bonds. The fourth-order valence-corrected chi connectivity index (χ4v) is 11.3. The van der Waals surface area contributed by atoms with Crippen molar-refractivity contribution in [1.82, 2.24) is 5.32 Å². The van der Waals surface area contributed by atoms with Crippen LogP contribution in [0.5, 0.6) is 51.7 Å². The van der Waals surface area contributed by atoms with Gasteiger partial charge in [-0.1, -0.05) is 84.3 Å². The highest BCUT2D eigenvalue weighted by Crippen LogP contribution is 2.48. The summed E-state index contributed by atoms with van der Waals surface area (Å²) in [6.45, 7) is 14.2. The summed E-state index contributed by atoms with van der Waals surface area (Å²) in [5, 5.41) is 41.5. The van der Waals surface area contributed by atoms with Crippen molar-refractivity contribution < 1.29 is 86.4 Å². The Labute approximate surface area is 576 Å². The molecule has 520 valence electrons. The molecule has 2 heterocycles. The lowest BCUT2D eigenvalue weighted by atomic mass is 9.98. The van der Waals surface area contributed by atoms with Crippen LogP contribution in [0.4, 0.5) is 0 Å². The molecule has 0 radical (unpaired) electrons. The molecule has 11 rings (SSSR count). The van der Waals surface area contributed by atoms with Gasteiger partial charge in [0.2, 0.25) is 23.2 Å². The van der Waals surface area contributed by atoms with Crippen molar-refractivity contribution in [3.8, 4) is 51.7 Å². The summed E-state index contributed by atoms with van der Waals surface area (Å²) < 4.78 is 46.2. The Bertz CT molecular complexity index is 4340. The van der Waals surface area contributed by atoms with Gasteiger partial charge in [0.05, 0.1) is 87.5 Å². The average molecular weight is 1350 g/mol. The number of carboxylic acid groups (broad SMARTS) is 2.